The van der Waals surface area contributed by atoms with Crippen LogP contribution < -0.4 is 5.32 Å². The number of para-hydroxylation sites is 1. The number of ether oxygens (including phenoxy) is 1. The monoisotopic (exact) mass is 512 g/mol. The molecule has 0 radical (unpaired) electrons. The van der Waals surface area contributed by atoms with Gasteiger partial charge in [-0.1, -0.05) is 18.2 Å². The van der Waals surface area contributed by atoms with Crippen LogP contribution in [0, 0.1) is 5.92 Å². The molecule has 10 heteroatoms. The number of piperidine rings is 1. The van der Waals surface area contributed by atoms with Crippen LogP contribution in [-0.2, 0) is 25.5 Å². The number of nitrogens with zero attached hydrogens (tertiary/aromatic N) is 2. The van der Waals surface area contributed by atoms with Crippen LogP contribution in [0.3, 0.4) is 0 Å². The first kappa shape index (κ1) is 26.5. The summed E-state index contributed by atoms with van der Waals surface area (Å²) in [4.78, 5) is 57.0. The van der Waals surface area contributed by atoms with Gasteiger partial charge in [-0.25, -0.2) is 9.59 Å². The molecule has 0 saturated carbocycles. The fourth-order valence-electron chi connectivity index (χ4n) is 5.15. The Morgan fingerprint density at radius 1 is 1.11 bits per heavy atom. The van der Waals surface area contributed by atoms with Gasteiger partial charge in [-0.05, 0) is 58.1 Å². The van der Waals surface area contributed by atoms with Crippen LogP contribution in [0.4, 0.5) is 4.79 Å². The summed E-state index contributed by atoms with van der Waals surface area (Å²) < 4.78 is 5.47. The van der Waals surface area contributed by atoms with E-state index in [2.05, 4.69) is 10.3 Å². The van der Waals surface area contributed by atoms with Crippen LogP contribution in [0.5, 0.6) is 0 Å². The Bertz CT molecular complexity index is 1160. The van der Waals surface area contributed by atoms with E-state index < -0.39 is 29.7 Å². The molecule has 0 spiro atoms. The summed E-state index contributed by atoms with van der Waals surface area (Å²) >= 11 is 0. The predicted octanol–water partition coefficient (Wildman–Crippen LogP) is 2.92. The zero-order chi connectivity index (χ0) is 26.7. The minimum absolute atomic E-state index is 0.120. The smallest absolute Gasteiger partial charge is 0.410 e. The standard InChI is InChI=1S/C27H36N4O6/c1-27(2,3)37-26(36)31-12-6-9-22(31)24(33)30-13-10-17(11-14-30)23(32)29-21(25(34)35)15-18-16-28-20-8-5-4-7-19(18)20/h4-5,7-8,16-17,21-22,28H,6,9-15H2,1-3H3,(H,29,32)(H,34,35)/t21-,22-/m0/s1. The molecule has 2 fully saturated rings. The lowest BCUT2D eigenvalue weighted by molar-refractivity contribution is -0.143. The highest BCUT2D eigenvalue weighted by Crippen LogP contribution is 2.26. The lowest BCUT2D eigenvalue weighted by Gasteiger charge is -2.35. The average Bonchev–Trinajstić information content (AvgIpc) is 3.50. The number of H-pyrrole nitrogens is 1. The summed E-state index contributed by atoms with van der Waals surface area (Å²) in [5.74, 6) is -1.89. The Morgan fingerprint density at radius 2 is 1.81 bits per heavy atom. The van der Waals surface area contributed by atoms with E-state index in [4.69, 9.17) is 4.74 Å². The Balaban J connectivity index is 1.31. The molecule has 10 nitrogen and oxygen atoms in total. The van der Waals surface area contributed by atoms with Crippen molar-refractivity contribution in [1.82, 2.24) is 20.1 Å². The van der Waals surface area contributed by atoms with Gasteiger partial charge >= 0.3 is 12.1 Å². The zero-order valence-electron chi connectivity index (χ0n) is 21.7. The maximum absolute atomic E-state index is 13.2. The van der Waals surface area contributed by atoms with Crippen molar-refractivity contribution >= 4 is 34.8 Å². The third kappa shape index (κ3) is 6.23. The van der Waals surface area contributed by atoms with Crippen molar-refractivity contribution in [3.05, 3.63) is 36.0 Å². The lowest BCUT2D eigenvalue weighted by Crippen LogP contribution is -2.52. The van der Waals surface area contributed by atoms with Crippen molar-refractivity contribution in [2.45, 2.75) is 70.6 Å². The highest BCUT2D eigenvalue weighted by atomic mass is 16.6. The number of nitrogens with one attached hydrogen (secondary N) is 2. The molecule has 2 aliphatic heterocycles. The van der Waals surface area contributed by atoms with Gasteiger partial charge in [-0.15, -0.1) is 0 Å². The van der Waals surface area contributed by atoms with Crippen molar-refractivity contribution in [3.63, 3.8) is 0 Å². The summed E-state index contributed by atoms with van der Waals surface area (Å²) in [5.41, 5.74) is 1.10. The molecule has 0 unspecified atom stereocenters. The number of hydrogen-bond donors (Lipinski definition) is 3. The SMILES string of the molecule is CC(C)(C)OC(=O)N1CCC[C@H]1C(=O)N1CCC(C(=O)N[C@@H](Cc2c[nH]c3ccccc23)C(=O)O)CC1. The van der Waals surface area contributed by atoms with E-state index in [0.717, 1.165) is 22.9 Å². The highest BCUT2D eigenvalue weighted by Gasteiger charge is 2.40. The van der Waals surface area contributed by atoms with E-state index >= 15 is 0 Å². The maximum Gasteiger partial charge on any atom is 0.410 e. The molecule has 3 amide bonds. The number of aromatic nitrogens is 1. The van der Waals surface area contributed by atoms with E-state index in [1.807, 2.05) is 24.3 Å². The van der Waals surface area contributed by atoms with Crippen molar-refractivity contribution < 1.29 is 29.0 Å². The quantitative estimate of drug-likeness (QED) is 0.545. The summed E-state index contributed by atoms with van der Waals surface area (Å²) in [7, 11) is 0. The van der Waals surface area contributed by atoms with Gasteiger partial charge in [0.05, 0.1) is 0 Å². The first-order valence-corrected chi connectivity index (χ1v) is 12.9. The second-order valence-corrected chi connectivity index (χ2v) is 10.9. The van der Waals surface area contributed by atoms with Crippen LogP contribution in [0.15, 0.2) is 30.5 Å². The maximum atomic E-state index is 13.2. The predicted molar refractivity (Wildman–Crippen MR) is 137 cm³/mol. The molecular weight excluding hydrogens is 476 g/mol. The summed E-state index contributed by atoms with van der Waals surface area (Å²) in [5, 5.41) is 13.4. The average molecular weight is 513 g/mol. The largest absolute Gasteiger partial charge is 0.480 e. The Labute approximate surface area is 216 Å². The van der Waals surface area contributed by atoms with Gasteiger partial charge in [0.15, 0.2) is 0 Å². The molecule has 1 aromatic carbocycles. The minimum Gasteiger partial charge on any atom is -0.480 e. The third-order valence-electron chi connectivity index (χ3n) is 7.06. The summed E-state index contributed by atoms with van der Waals surface area (Å²) in [6, 6.07) is 6.03. The van der Waals surface area contributed by atoms with Crippen LogP contribution in [0.2, 0.25) is 0 Å². The topological polar surface area (TPSA) is 132 Å². The van der Waals surface area contributed by atoms with Crippen molar-refractivity contribution in [2.75, 3.05) is 19.6 Å². The number of carbonyl (C=O) groups is 4. The number of aromatic amines is 1. The molecule has 0 aliphatic carbocycles. The number of amides is 3. The number of likely N-dealkylation sites (tertiary alicyclic amines) is 2. The van der Waals surface area contributed by atoms with Gasteiger partial charge in [-0.2, -0.15) is 0 Å². The first-order valence-electron chi connectivity index (χ1n) is 12.9. The van der Waals surface area contributed by atoms with Gasteiger partial charge in [0.1, 0.15) is 17.7 Å². The van der Waals surface area contributed by atoms with Crippen molar-refractivity contribution in [3.8, 4) is 0 Å². The fraction of sp³-hybridized carbons (Fsp3) is 0.556. The van der Waals surface area contributed by atoms with Crippen LogP contribution in [-0.4, -0.2) is 81.1 Å². The van der Waals surface area contributed by atoms with Gasteiger partial charge in [-0.3, -0.25) is 14.5 Å². The number of carboxylic acids is 1. The van der Waals surface area contributed by atoms with E-state index in [-0.39, 0.29) is 24.2 Å². The molecule has 2 saturated heterocycles. The molecule has 1 aromatic heterocycles. The molecule has 37 heavy (non-hydrogen) atoms. The highest BCUT2D eigenvalue weighted by molar-refractivity contribution is 5.88. The van der Waals surface area contributed by atoms with Crippen LogP contribution >= 0.6 is 0 Å². The molecule has 200 valence electrons. The van der Waals surface area contributed by atoms with Crippen molar-refractivity contribution in [1.29, 1.82) is 0 Å². The number of rotatable bonds is 6. The van der Waals surface area contributed by atoms with Gasteiger partial charge < -0.3 is 25.0 Å². The number of aliphatic carboxylic acids is 1. The second-order valence-electron chi connectivity index (χ2n) is 10.9. The second kappa shape index (κ2) is 10.8. The van der Waals surface area contributed by atoms with E-state index in [0.29, 0.717) is 38.9 Å². The molecule has 0 bridgehead atoms. The molecule has 2 aliphatic rings. The summed E-state index contributed by atoms with van der Waals surface area (Å²) in [6.07, 6.45) is 3.68. The fourth-order valence-corrected chi connectivity index (χ4v) is 5.15. The van der Waals surface area contributed by atoms with Gasteiger partial charge in [0.25, 0.3) is 0 Å². The Morgan fingerprint density at radius 3 is 2.49 bits per heavy atom. The van der Waals surface area contributed by atoms with E-state index in [1.54, 1.807) is 31.9 Å². The minimum atomic E-state index is -1.09. The number of benzene rings is 1. The number of carbonyl (C=O) groups excluding carboxylic acids is 3. The molecule has 4 rings (SSSR count). The van der Waals surface area contributed by atoms with Crippen LogP contribution in [0.1, 0.15) is 52.0 Å². The van der Waals surface area contributed by atoms with E-state index in [9.17, 15) is 24.3 Å². The van der Waals surface area contributed by atoms with Crippen LogP contribution in [0.25, 0.3) is 10.9 Å². The van der Waals surface area contributed by atoms with Crippen molar-refractivity contribution in [2.24, 2.45) is 5.92 Å². The third-order valence-corrected chi connectivity index (χ3v) is 7.06. The Hall–Kier alpha value is -3.56. The lowest BCUT2D eigenvalue weighted by atomic mass is 9.94. The molecular formula is C27H36N4O6. The molecule has 3 heterocycles. The number of fused-ring (bicyclic) bond motifs is 1. The normalized spacial score (nSPS) is 19.6. The first-order chi connectivity index (χ1) is 17.5. The number of hydrogen-bond acceptors (Lipinski definition) is 5. The van der Waals surface area contributed by atoms with Gasteiger partial charge in [0, 0.05) is 49.1 Å². The molecule has 2 atom stereocenters. The van der Waals surface area contributed by atoms with E-state index in [1.165, 1.54) is 4.90 Å². The number of carboxylic acid groups (broad SMARTS) is 1. The Kier molecular flexibility index (Phi) is 7.75. The molecule has 3 N–H and O–H groups in total. The summed E-state index contributed by atoms with van der Waals surface area (Å²) in [6.45, 7) is 6.64. The molecule has 2 aromatic rings. The van der Waals surface area contributed by atoms with Gasteiger partial charge in [0.2, 0.25) is 11.8 Å². The zero-order valence-corrected chi connectivity index (χ0v) is 21.7.